The Morgan fingerprint density at radius 2 is 2.05 bits per heavy atom. The topological polar surface area (TPSA) is 61.8 Å². The molecule has 0 saturated heterocycles. The molecule has 6 heteroatoms. The van der Waals surface area contributed by atoms with Crippen LogP contribution in [0.4, 0.5) is 0 Å². The van der Waals surface area contributed by atoms with Crippen molar-refractivity contribution in [1.82, 2.24) is 4.90 Å². The van der Waals surface area contributed by atoms with Crippen molar-refractivity contribution in [2.24, 2.45) is 16.8 Å². The van der Waals surface area contributed by atoms with Crippen molar-refractivity contribution in [3.63, 3.8) is 0 Å². The van der Waals surface area contributed by atoms with E-state index in [9.17, 15) is 0 Å². The third-order valence-electron chi connectivity index (χ3n) is 2.83. The summed E-state index contributed by atoms with van der Waals surface area (Å²) in [5.74, 6) is 0.776. The first kappa shape index (κ1) is 17.1. The lowest BCUT2D eigenvalue weighted by molar-refractivity contribution is 0.241. The quantitative estimate of drug-likeness (QED) is 0.349. The van der Waals surface area contributed by atoms with Crippen LogP contribution in [0.5, 0.6) is 0 Å². The van der Waals surface area contributed by atoms with Crippen molar-refractivity contribution in [3.05, 3.63) is 33.8 Å². The lowest BCUT2D eigenvalue weighted by Gasteiger charge is -2.24. The maximum absolute atomic E-state index is 8.60. The molecule has 0 aliphatic rings. The average Bonchev–Trinajstić information content (AvgIpc) is 2.39. The second-order valence-electron chi connectivity index (χ2n) is 5.22. The summed E-state index contributed by atoms with van der Waals surface area (Å²) in [7, 11) is 0. The van der Waals surface area contributed by atoms with Crippen molar-refractivity contribution >= 4 is 29.0 Å². The van der Waals surface area contributed by atoms with E-state index in [0.717, 1.165) is 25.2 Å². The maximum Gasteiger partial charge on any atom is 0.140 e. The summed E-state index contributed by atoms with van der Waals surface area (Å²) in [5, 5.41) is 12.7. The smallest absolute Gasteiger partial charge is 0.140 e. The molecule has 0 fully saturated rings. The van der Waals surface area contributed by atoms with Gasteiger partial charge in [0.2, 0.25) is 0 Å². The van der Waals surface area contributed by atoms with E-state index >= 15 is 0 Å². The Bertz CT molecular complexity index is 464. The highest BCUT2D eigenvalue weighted by Crippen LogP contribution is 2.23. The van der Waals surface area contributed by atoms with Crippen LogP contribution in [0, 0.1) is 5.92 Å². The number of rotatable bonds is 7. The predicted octanol–water partition coefficient (Wildman–Crippen LogP) is 3.59. The molecule has 0 heterocycles. The normalized spacial score (nSPS) is 12.4. The van der Waals surface area contributed by atoms with E-state index in [-0.39, 0.29) is 5.84 Å². The monoisotopic (exact) mass is 317 g/mol. The third kappa shape index (κ3) is 5.99. The van der Waals surface area contributed by atoms with Gasteiger partial charge in [0.05, 0.1) is 10.0 Å². The zero-order valence-electron chi connectivity index (χ0n) is 11.8. The number of halogens is 2. The highest BCUT2D eigenvalue weighted by Gasteiger charge is 2.10. The molecule has 0 spiro atoms. The molecular weight excluding hydrogens is 297 g/mol. The summed E-state index contributed by atoms with van der Waals surface area (Å²) in [4.78, 5) is 2.25. The standard InChI is InChI=1S/C14H21Cl2N3O/c1-10(2)8-19(6-5-14(17)18-20)9-11-3-4-12(15)13(16)7-11/h3-4,7,10,20H,5-6,8-9H2,1-2H3,(H2,17,18). The van der Waals surface area contributed by atoms with Gasteiger partial charge < -0.3 is 10.9 Å². The van der Waals surface area contributed by atoms with Gasteiger partial charge in [-0.25, -0.2) is 0 Å². The number of benzene rings is 1. The summed E-state index contributed by atoms with van der Waals surface area (Å²) in [5.41, 5.74) is 6.62. The Morgan fingerprint density at radius 1 is 1.35 bits per heavy atom. The van der Waals surface area contributed by atoms with Gasteiger partial charge in [-0.15, -0.1) is 0 Å². The van der Waals surface area contributed by atoms with Gasteiger partial charge in [0, 0.05) is 26.1 Å². The number of hydrogen-bond acceptors (Lipinski definition) is 3. The number of nitrogens with zero attached hydrogens (tertiary/aromatic N) is 2. The molecule has 1 aromatic carbocycles. The molecule has 0 atom stereocenters. The summed E-state index contributed by atoms with van der Waals surface area (Å²) in [6.45, 7) is 6.73. The molecule has 0 bridgehead atoms. The molecule has 3 N–H and O–H groups in total. The first-order chi connectivity index (χ1) is 9.42. The van der Waals surface area contributed by atoms with Crippen LogP contribution in [-0.2, 0) is 6.54 Å². The molecular formula is C14H21Cl2N3O. The van der Waals surface area contributed by atoms with Gasteiger partial charge in [0.15, 0.2) is 0 Å². The van der Waals surface area contributed by atoms with E-state index in [1.807, 2.05) is 12.1 Å². The predicted molar refractivity (Wildman–Crippen MR) is 84.6 cm³/mol. The minimum Gasteiger partial charge on any atom is -0.409 e. The number of amidine groups is 1. The number of nitrogens with two attached hydrogens (primary N) is 1. The highest BCUT2D eigenvalue weighted by atomic mass is 35.5. The van der Waals surface area contributed by atoms with E-state index in [0.29, 0.717) is 22.4 Å². The second-order valence-corrected chi connectivity index (χ2v) is 6.03. The van der Waals surface area contributed by atoms with Crippen molar-refractivity contribution in [2.45, 2.75) is 26.8 Å². The summed E-state index contributed by atoms with van der Waals surface area (Å²) in [6, 6.07) is 5.64. The average molecular weight is 318 g/mol. The molecule has 0 saturated carbocycles. The fourth-order valence-electron chi connectivity index (χ4n) is 1.97. The van der Waals surface area contributed by atoms with Crippen molar-refractivity contribution in [3.8, 4) is 0 Å². The molecule has 20 heavy (non-hydrogen) atoms. The molecule has 1 aromatic rings. The van der Waals surface area contributed by atoms with Gasteiger partial charge in [0.25, 0.3) is 0 Å². The third-order valence-corrected chi connectivity index (χ3v) is 3.57. The van der Waals surface area contributed by atoms with Crippen molar-refractivity contribution < 1.29 is 5.21 Å². The minimum atomic E-state index is 0.243. The Balaban J connectivity index is 2.70. The van der Waals surface area contributed by atoms with Gasteiger partial charge in [-0.2, -0.15) is 0 Å². The molecule has 0 unspecified atom stereocenters. The first-order valence-electron chi connectivity index (χ1n) is 6.55. The van der Waals surface area contributed by atoms with Crippen LogP contribution in [0.1, 0.15) is 25.8 Å². The van der Waals surface area contributed by atoms with E-state index in [4.69, 9.17) is 34.1 Å². The fraction of sp³-hybridized carbons (Fsp3) is 0.500. The molecule has 0 aliphatic carbocycles. The zero-order chi connectivity index (χ0) is 15.1. The van der Waals surface area contributed by atoms with Gasteiger partial charge in [-0.05, 0) is 23.6 Å². The molecule has 1 rings (SSSR count). The molecule has 4 nitrogen and oxygen atoms in total. The SMILES string of the molecule is CC(C)CN(CCC(N)=NO)Cc1ccc(Cl)c(Cl)c1. The second kappa shape index (κ2) is 8.35. The summed E-state index contributed by atoms with van der Waals surface area (Å²) in [6.07, 6.45) is 0.532. The van der Waals surface area contributed by atoms with Crippen molar-refractivity contribution in [1.29, 1.82) is 0 Å². The van der Waals surface area contributed by atoms with Gasteiger partial charge in [0.1, 0.15) is 5.84 Å². The van der Waals surface area contributed by atoms with Crippen LogP contribution < -0.4 is 5.73 Å². The van der Waals surface area contributed by atoms with Crippen LogP contribution in [0.15, 0.2) is 23.4 Å². The Labute approximate surface area is 130 Å². The Hall–Kier alpha value is -0.970. The molecule has 0 aromatic heterocycles. The largest absolute Gasteiger partial charge is 0.409 e. The van der Waals surface area contributed by atoms with Crippen LogP contribution >= 0.6 is 23.2 Å². The highest BCUT2D eigenvalue weighted by molar-refractivity contribution is 6.42. The van der Waals surface area contributed by atoms with Crippen LogP contribution in [0.25, 0.3) is 0 Å². The molecule has 0 amide bonds. The van der Waals surface area contributed by atoms with E-state index < -0.39 is 0 Å². The van der Waals surface area contributed by atoms with E-state index in [1.54, 1.807) is 6.07 Å². The number of hydrogen-bond donors (Lipinski definition) is 2. The summed E-state index contributed by atoms with van der Waals surface area (Å²) < 4.78 is 0. The number of oxime groups is 1. The van der Waals surface area contributed by atoms with E-state index in [1.165, 1.54) is 0 Å². The molecule has 112 valence electrons. The van der Waals surface area contributed by atoms with Gasteiger partial charge >= 0.3 is 0 Å². The van der Waals surface area contributed by atoms with Crippen LogP contribution in [-0.4, -0.2) is 29.0 Å². The fourth-order valence-corrected chi connectivity index (χ4v) is 2.29. The Morgan fingerprint density at radius 3 is 2.60 bits per heavy atom. The first-order valence-corrected chi connectivity index (χ1v) is 7.30. The maximum atomic E-state index is 8.60. The molecule has 0 aliphatic heterocycles. The van der Waals surface area contributed by atoms with Gasteiger partial charge in [-0.1, -0.05) is 48.3 Å². The lowest BCUT2D eigenvalue weighted by atomic mass is 10.1. The molecule has 0 radical (unpaired) electrons. The van der Waals surface area contributed by atoms with Crippen LogP contribution in [0.3, 0.4) is 0 Å². The summed E-state index contributed by atoms with van der Waals surface area (Å²) >= 11 is 11.9. The lowest BCUT2D eigenvalue weighted by Crippen LogP contribution is -2.31. The van der Waals surface area contributed by atoms with E-state index in [2.05, 4.69) is 23.9 Å². The minimum absolute atomic E-state index is 0.243. The van der Waals surface area contributed by atoms with Crippen molar-refractivity contribution in [2.75, 3.05) is 13.1 Å². The van der Waals surface area contributed by atoms with Gasteiger partial charge in [-0.3, -0.25) is 4.90 Å². The van der Waals surface area contributed by atoms with Crippen LogP contribution in [0.2, 0.25) is 10.0 Å². The zero-order valence-corrected chi connectivity index (χ0v) is 13.3. The Kier molecular flexibility index (Phi) is 7.13.